The number of carbonyl (C=O) groups is 2. The summed E-state index contributed by atoms with van der Waals surface area (Å²) in [5.41, 5.74) is 0.881. The summed E-state index contributed by atoms with van der Waals surface area (Å²) in [6, 6.07) is 7.36. The van der Waals surface area contributed by atoms with Gasteiger partial charge in [-0.3, -0.25) is 9.69 Å². The van der Waals surface area contributed by atoms with Crippen molar-refractivity contribution in [1.82, 2.24) is 10.2 Å². The number of amides is 3. The van der Waals surface area contributed by atoms with E-state index in [1.807, 2.05) is 31.2 Å². The number of aryl methyl sites for hydroxylation is 1. The van der Waals surface area contributed by atoms with Crippen LogP contribution in [-0.2, 0) is 15.1 Å². The molecule has 0 aliphatic carbocycles. The largest absolute Gasteiger partial charge is 0.378 e. The third kappa shape index (κ3) is 2.50. The average molecular weight is 302 g/mol. The zero-order valence-corrected chi connectivity index (χ0v) is 13.1. The van der Waals surface area contributed by atoms with Crippen LogP contribution in [0, 0.1) is 6.92 Å². The normalized spacial score (nSPS) is 28.3. The zero-order chi connectivity index (χ0) is 15.7. The van der Waals surface area contributed by atoms with E-state index in [4.69, 9.17) is 4.74 Å². The topological polar surface area (TPSA) is 58.6 Å². The van der Waals surface area contributed by atoms with E-state index >= 15 is 0 Å². The van der Waals surface area contributed by atoms with E-state index in [1.165, 1.54) is 4.90 Å². The third-order valence-electron chi connectivity index (χ3n) is 4.66. The van der Waals surface area contributed by atoms with Crippen molar-refractivity contribution in [2.24, 2.45) is 0 Å². The molecule has 3 amide bonds. The molecule has 5 heteroatoms. The summed E-state index contributed by atoms with van der Waals surface area (Å²) < 4.78 is 5.57. The van der Waals surface area contributed by atoms with Gasteiger partial charge in [0, 0.05) is 13.2 Å². The second-order valence-corrected chi connectivity index (χ2v) is 6.25. The second-order valence-electron chi connectivity index (χ2n) is 6.25. The van der Waals surface area contributed by atoms with E-state index < -0.39 is 5.54 Å². The quantitative estimate of drug-likeness (QED) is 0.868. The van der Waals surface area contributed by atoms with Crippen molar-refractivity contribution in [1.29, 1.82) is 0 Å². The van der Waals surface area contributed by atoms with Crippen molar-refractivity contribution in [2.75, 3.05) is 13.2 Å². The predicted molar refractivity (Wildman–Crippen MR) is 82.4 cm³/mol. The lowest BCUT2D eigenvalue weighted by Crippen LogP contribution is -2.41. The average Bonchev–Trinajstić information content (AvgIpc) is 3.07. The fourth-order valence-corrected chi connectivity index (χ4v) is 3.36. The van der Waals surface area contributed by atoms with Crippen LogP contribution in [-0.4, -0.2) is 36.1 Å². The Hall–Kier alpha value is -1.88. The van der Waals surface area contributed by atoms with E-state index in [0.29, 0.717) is 13.0 Å². The molecule has 0 radical (unpaired) electrons. The fourth-order valence-electron chi connectivity index (χ4n) is 3.36. The lowest BCUT2D eigenvalue weighted by Gasteiger charge is -2.24. The third-order valence-corrected chi connectivity index (χ3v) is 4.66. The van der Waals surface area contributed by atoms with Gasteiger partial charge in [0.1, 0.15) is 5.54 Å². The lowest BCUT2D eigenvalue weighted by molar-refractivity contribution is -0.131. The minimum atomic E-state index is -0.973. The molecule has 5 nitrogen and oxygen atoms in total. The molecule has 2 atom stereocenters. The first kappa shape index (κ1) is 15.0. The Labute approximate surface area is 130 Å². The van der Waals surface area contributed by atoms with E-state index in [1.54, 1.807) is 6.92 Å². The molecular weight excluding hydrogens is 280 g/mol. The van der Waals surface area contributed by atoms with Gasteiger partial charge in [-0.25, -0.2) is 4.79 Å². The Kier molecular flexibility index (Phi) is 3.91. The van der Waals surface area contributed by atoms with Crippen LogP contribution >= 0.6 is 0 Å². The molecular formula is C17H22N2O3. The van der Waals surface area contributed by atoms with Crippen LogP contribution in [0.4, 0.5) is 4.79 Å². The summed E-state index contributed by atoms with van der Waals surface area (Å²) in [7, 11) is 0. The molecule has 1 N–H and O–H groups in total. The van der Waals surface area contributed by atoms with Gasteiger partial charge in [0.2, 0.25) is 0 Å². The van der Waals surface area contributed by atoms with E-state index in [2.05, 4.69) is 5.32 Å². The number of carbonyl (C=O) groups excluding carboxylic acids is 2. The van der Waals surface area contributed by atoms with Gasteiger partial charge in [-0.1, -0.05) is 24.3 Å². The van der Waals surface area contributed by atoms with Crippen molar-refractivity contribution in [3.8, 4) is 0 Å². The van der Waals surface area contributed by atoms with E-state index in [9.17, 15) is 9.59 Å². The van der Waals surface area contributed by atoms with Crippen LogP contribution in [0.2, 0.25) is 0 Å². The van der Waals surface area contributed by atoms with Gasteiger partial charge in [0.25, 0.3) is 5.91 Å². The summed E-state index contributed by atoms with van der Waals surface area (Å²) in [4.78, 5) is 26.4. The monoisotopic (exact) mass is 302 g/mol. The molecule has 0 bridgehead atoms. The van der Waals surface area contributed by atoms with Crippen molar-refractivity contribution in [3.63, 3.8) is 0 Å². The maximum atomic E-state index is 12.8. The second kappa shape index (κ2) is 5.72. The Morgan fingerprint density at radius 1 is 1.36 bits per heavy atom. The Morgan fingerprint density at radius 2 is 2.14 bits per heavy atom. The standard InChI is InChI=1S/C17H22N2O3/c1-12-6-3-4-8-14(12)17(2)15(20)19(16(21)18-17)10-9-13-7-5-11-22-13/h3-4,6,8,13H,5,7,9-11H2,1-2H3,(H,18,21)/t13-,17-/m1/s1. The highest BCUT2D eigenvalue weighted by atomic mass is 16.5. The smallest absolute Gasteiger partial charge is 0.325 e. The first-order valence-electron chi connectivity index (χ1n) is 7.84. The molecule has 1 aromatic rings. The highest BCUT2D eigenvalue weighted by molar-refractivity contribution is 6.07. The summed E-state index contributed by atoms with van der Waals surface area (Å²) in [6.07, 6.45) is 2.96. The Morgan fingerprint density at radius 3 is 2.82 bits per heavy atom. The van der Waals surface area contributed by atoms with Crippen LogP contribution in [0.1, 0.15) is 37.3 Å². The van der Waals surface area contributed by atoms with E-state index in [0.717, 1.165) is 30.6 Å². The molecule has 22 heavy (non-hydrogen) atoms. The molecule has 0 spiro atoms. The first-order valence-corrected chi connectivity index (χ1v) is 7.84. The number of imide groups is 1. The molecule has 2 aliphatic heterocycles. The van der Waals surface area contributed by atoms with Gasteiger partial charge in [-0.05, 0) is 44.2 Å². The summed E-state index contributed by atoms with van der Waals surface area (Å²) >= 11 is 0. The molecule has 118 valence electrons. The summed E-state index contributed by atoms with van der Waals surface area (Å²) in [5.74, 6) is -0.176. The number of rotatable bonds is 4. The van der Waals surface area contributed by atoms with Gasteiger partial charge >= 0.3 is 6.03 Å². The van der Waals surface area contributed by atoms with Crippen LogP contribution in [0.15, 0.2) is 24.3 Å². The van der Waals surface area contributed by atoms with Crippen LogP contribution < -0.4 is 5.32 Å². The molecule has 2 saturated heterocycles. The van der Waals surface area contributed by atoms with Gasteiger partial charge in [0.15, 0.2) is 0 Å². The predicted octanol–water partition coefficient (Wildman–Crippen LogP) is 2.33. The number of nitrogens with one attached hydrogen (secondary N) is 1. The van der Waals surface area contributed by atoms with Crippen molar-refractivity contribution in [2.45, 2.75) is 44.8 Å². The van der Waals surface area contributed by atoms with Crippen molar-refractivity contribution >= 4 is 11.9 Å². The number of hydrogen-bond acceptors (Lipinski definition) is 3. The summed E-state index contributed by atoms with van der Waals surface area (Å²) in [5, 5.41) is 2.86. The van der Waals surface area contributed by atoms with Crippen LogP contribution in [0.5, 0.6) is 0 Å². The molecule has 3 rings (SSSR count). The SMILES string of the molecule is Cc1ccccc1[C@@]1(C)NC(=O)N(CC[C@H]2CCCO2)C1=O. The molecule has 0 aromatic heterocycles. The number of urea groups is 1. The van der Waals surface area contributed by atoms with E-state index in [-0.39, 0.29) is 18.0 Å². The minimum Gasteiger partial charge on any atom is -0.378 e. The molecule has 1 aromatic carbocycles. The zero-order valence-electron chi connectivity index (χ0n) is 13.1. The molecule has 0 unspecified atom stereocenters. The summed E-state index contributed by atoms with van der Waals surface area (Å²) in [6.45, 7) is 4.93. The van der Waals surface area contributed by atoms with Crippen molar-refractivity contribution < 1.29 is 14.3 Å². The molecule has 0 saturated carbocycles. The number of benzene rings is 1. The number of hydrogen-bond donors (Lipinski definition) is 1. The van der Waals surface area contributed by atoms with Crippen LogP contribution in [0.25, 0.3) is 0 Å². The number of nitrogens with zero attached hydrogens (tertiary/aromatic N) is 1. The van der Waals surface area contributed by atoms with Crippen molar-refractivity contribution in [3.05, 3.63) is 35.4 Å². The fraction of sp³-hybridized carbons (Fsp3) is 0.529. The lowest BCUT2D eigenvalue weighted by atomic mass is 9.88. The first-order chi connectivity index (χ1) is 10.5. The molecule has 2 fully saturated rings. The minimum absolute atomic E-state index is 0.172. The highest BCUT2D eigenvalue weighted by Gasteiger charge is 2.49. The number of ether oxygens (including phenoxy) is 1. The maximum absolute atomic E-state index is 12.8. The van der Waals surface area contributed by atoms with Gasteiger partial charge < -0.3 is 10.1 Å². The van der Waals surface area contributed by atoms with Gasteiger partial charge in [-0.15, -0.1) is 0 Å². The van der Waals surface area contributed by atoms with Gasteiger partial charge in [-0.2, -0.15) is 0 Å². The van der Waals surface area contributed by atoms with Crippen LogP contribution in [0.3, 0.4) is 0 Å². The Bertz CT molecular complexity index is 595. The molecule has 2 heterocycles. The Balaban J connectivity index is 1.77. The highest BCUT2D eigenvalue weighted by Crippen LogP contribution is 2.31. The van der Waals surface area contributed by atoms with Gasteiger partial charge in [0.05, 0.1) is 6.10 Å². The maximum Gasteiger partial charge on any atom is 0.325 e. The molecule has 2 aliphatic rings.